The molecule has 0 unspecified atom stereocenters. The smallest absolute Gasteiger partial charge is 0.160 e. The maximum absolute atomic E-state index is 5.32. The van der Waals surface area contributed by atoms with E-state index in [-0.39, 0.29) is 5.41 Å². The van der Waals surface area contributed by atoms with Crippen molar-refractivity contribution in [3.63, 3.8) is 0 Å². The van der Waals surface area contributed by atoms with E-state index in [0.717, 1.165) is 55.4 Å². The van der Waals surface area contributed by atoms with Crippen LogP contribution in [-0.2, 0) is 5.41 Å². The zero-order chi connectivity index (χ0) is 44.6. The fourth-order valence-corrected chi connectivity index (χ4v) is 10.2. The van der Waals surface area contributed by atoms with Gasteiger partial charge in [-0.25, -0.2) is 19.9 Å². The van der Waals surface area contributed by atoms with Crippen molar-refractivity contribution < 1.29 is 0 Å². The quantitative estimate of drug-likeness (QED) is 0.167. The van der Waals surface area contributed by atoms with Crippen molar-refractivity contribution in [3.05, 3.63) is 230 Å². The second-order valence-corrected chi connectivity index (χ2v) is 18.3. The van der Waals surface area contributed by atoms with Crippen LogP contribution in [0.1, 0.15) is 25.0 Å². The Labute approximate surface area is 389 Å². The Morgan fingerprint density at radius 3 is 1.09 bits per heavy atom. The third-order valence-corrected chi connectivity index (χ3v) is 13.9. The molecular formula is C63H42N4. The predicted molar refractivity (Wildman–Crippen MR) is 278 cm³/mol. The highest BCUT2D eigenvalue weighted by Crippen LogP contribution is 2.51. The van der Waals surface area contributed by atoms with Crippen LogP contribution in [0.2, 0.25) is 0 Å². The standard InChI is InChI=1S/C63H42N4/c1-63(2)55-37-49(61-64-57-17-9-7-15-53(57)59(66-61)43-25-19-41(20-26-43)47-29-23-39-11-3-5-13-45(39)35-47)31-33-51(55)52-34-32-50(38-56(52)63)62-65-58-18-10-8-16-54(58)60(67-62)44-27-21-42(22-28-44)48-30-24-40-12-4-6-14-46(40)36-48/h3-38H,1-2H3. The Hall–Kier alpha value is -8.60. The Bertz CT molecular complexity index is 3690. The monoisotopic (exact) mass is 854 g/mol. The van der Waals surface area contributed by atoms with Gasteiger partial charge in [0.05, 0.1) is 22.4 Å². The van der Waals surface area contributed by atoms with Gasteiger partial charge in [0.2, 0.25) is 0 Å². The fourth-order valence-electron chi connectivity index (χ4n) is 10.2. The second kappa shape index (κ2) is 15.3. The Morgan fingerprint density at radius 1 is 0.284 bits per heavy atom. The maximum Gasteiger partial charge on any atom is 0.160 e. The lowest BCUT2D eigenvalue weighted by Crippen LogP contribution is -2.15. The van der Waals surface area contributed by atoms with Crippen molar-refractivity contribution in [1.82, 2.24) is 19.9 Å². The van der Waals surface area contributed by atoms with E-state index >= 15 is 0 Å². The summed E-state index contributed by atoms with van der Waals surface area (Å²) >= 11 is 0. The molecule has 1 aliphatic rings. The fraction of sp³-hybridized carbons (Fsp3) is 0.0476. The molecule has 0 N–H and O–H groups in total. The molecule has 4 nitrogen and oxygen atoms in total. The van der Waals surface area contributed by atoms with Gasteiger partial charge in [0, 0.05) is 38.4 Å². The number of rotatable bonds is 6. The van der Waals surface area contributed by atoms with Crippen LogP contribution in [-0.4, -0.2) is 19.9 Å². The third-order valence-electron chi connectivity index (χ3n) is 13.9. The number of para-hydroxylation sites is 2. The molecule has 0 saturated carbocycles. The Morgan fingerprint density at radius 2 is 0.642 bits per heavy atom. The van der Waals surface area contributed by atoms with Crippen molar-refractivity contribution in [2.24, 2.45) is 0 Å². The molecule has 10 aromatic carbocycles. The van der Waals surface area contributed by atoms with Gasteiger partial charge in [-0.15, -0.1) is 0 Å². The van der Waals surface area contributed by atoms with Gasteiger partial charge >= 0.3 is 0 Å². The van der Waals surface area contributed by atoms with E-state index in [4.69, 9.17) is 19.9 Å². The molecule has 0 radical (unpaired) electrons. The van der Waals surface area contributed by atoms with Crippen LogP contribution in [0.3, 0.4) is 0 Å². The molecule has 67 heavy (non-hydrogen) atoms. The van der Waals surface area contributed by atoms with Crippen LogP contribution in [0.25, 0.3) is 122 Å². The van der Waals surface area contributed by atoms with Gasteiger partial charge in [-0.1, -0.05) is 196 Å². The predicted octanol–water partition coefficient (Wildman–Crippen LogP) is 16.2. The number of benzene rings is 10. The van der Waals surface area contributed by atoms with E-state index in [1.165, 1.54) is 66.1 Å². The average Bonchev–Trinajstić information content (AvgIpc) is 3.62. The van der Waals surface area contributed by atoms with E-state index < -0.39 is 0 Å². The lowest BCUT2D eigenvalue weighted by molar-refractivity contribution is 0.660. The summed E-state index contributed by atoms with van der Waals surface area (Å²) < 4.78 is 0. The zero-order valence-corrected chi connectivity index (χ0v) is 37.1. The molecule has 0 fully saturated rings. The minimum absolute atomic E-state index is 0.298. The van der Waals surface area contributed by atoms with Gasteiger partial charge in [-0.2, -0.15) is 0 Å². The van der Waals surface area contributed by atoms with Gasteiger partial charge in [-0.05, 0) is 102 Å². The molecule has 4 heteroatoms. The van der Waals surface area contributed by atoms with Crippen LogP contribution >= 0.6 is 0 Å². The SMILES string of the molecule is CC1(C)c2cc(-c3nc(-c4ccc(-c5ccc6ccccc6c5)cc4)c4ccccc4n3)ccc2-c2ccc(-c3nc(-c4ccc(-c5ccc6ccccc6c5)cc4)c4ccccc4n3)cc21. The molecular weight excluding hydrogens is 813 g/mol. The van der Waals surface area contributed by atoms with Crippen molar-refractivity contribution in [2.45, 2.75) is 19.3 Å². The van der Waals surface area contributed by atoms with Crippen LogP contribution in [0.4, 0.5) is 0 Å². The molecule has 13 rings (SSSR count). The van der Waals surface area contributed by atoms with Crippen molar-refractivity contribution in [2.75, 3.05) is 0 Å². The van der Waals surface area contributed by atoms with Crippen LogP contribution in [0.5, 0.6) is 0 Å². The summed E-state index contributed by atoms with van der Waals surface area (Å²) in [7, 11) is 0. The van der Waals surface area contributed by atoms with E-state index in [0.29, 0.717) is 11.6 Å². The van der Waals surface area contributed by atoms with E-state index in [1.807, 2.05) is 0 Å². The molecule has 0 saturated heterocycles. The summed E-state index contributed by atoms with van der Waals surface area (Å²) in [5.41, 5.74) is 17.2. The van der Waals surface area contributed by atoms with Gasteiger partial charge in [0.15, 0.2) is 11.6 Å². The largest absolute Gasteiger partial charge is 0.228 e. The first-order valence-corrected chi connectivity index (χ1v) is 22.9. The minimum Gasteiger partial charge on any atom is -0.228 e. The summed E-state index contributed by atoms with van der Waals surface area (Å²) in [6, 6.07) is 78.0. The molecule has 1 aliphatic carbocycles. The van der Waals surface area contributed by atoms with Crippen molar-refractivity contribution in [3.8, 4) is 78.7 Å². The van der Waals surface area contributed by atoms with Crippen molar-refractivity contribution in [1.29, 1.82) is 0 Å². The number of nitrogens with zero attached hydrogens (tertiary/aromatic N) is 4. The summed E-state index contributed by atoms with van der Waals surface area (Å²) in [6.07, 6.45) is 0. The van der Waals surface area contributed by atoms with Crippen LogP contribution in [0, 0.1) is 0 Å². The molecule has 0 spiro atoms. The zero-order valence-electron chi connectivity index (χ0n) is 37.1. The maximum atomic E-state index is 5.32. The molecule has 0 atom stereocenters. The number of aromatic nitrogens is 4. The molecule has 0 bridgehead atoms. The van der Waals surface area contributed by atoms with Crippen molar-refractivity contribution >= 4 is 43.4 Å². The Kier molecular flexibility index (Phi) is 8.84. The van der Waals surface area contributed by atoms with E-state index in [9.17, 15) is 0 Å². The summed E-state index contributed by atoms with van der Waals surface area (Å²) in [6.45, 7) is 4.64. The minimum atomic E-state index is -0.298. The first-order chi connectivity index (χ1) is 32.9. The van der Waals surface area contributed by atoms with Gasteiger partial charge < -0.3 is 0 Å². The van der Waals surface area contributed by atoms with E-state index in [1.54, 1.807) is 0 Å². The third kappa shape index (κ3) is 6.60. The highest BCUT2D eigenvalue weighted by Gasteiger charge is 2.36. The molecule has 314 valence electrons. The molecule has 0 aliphatic heterocycles. The molecule has 2 aromatic heterocycles. The molecule has 0 amide bonds. The first kappa shape index (κ1) is 38.8. The Balaban J connectivity index is 0.837. The lowest BCUT2D eigenvalue weighted by Gasteiger charge is -2.22. The summed E-state index contributed by atoms with van der Waals surface area (Å²) in [5, 5.41) is 7.02. The average molecular weight is 855 g/mol. The second-order valence-electron chi connectivity index (χ2n) is 18.3. The number of hydrogen-bond acceptors (Lipinski definition) is 4. The number of fused-ring (bicyclic) bond motifs is 7. The summed E-state index contributed by atoms with van der Waals surface area (Å²) in [4.78, 5) is 21.0. The van der Waals surface area contributed by atoms with E-state index in [2.05, 4.69) is 232 Å². The number of hydrogen-bond donors (Lipinski definition) is 0. The topological polar surface area (TPSA) is 51.6 Å². The highest BCUT2D eigenvalue weighted by atomic mass is 14.9. The highest BCUT2D eigenvalue weighted by molar-refractivity contribution is 5.97. The van der Waals surface area contributed by atoms with Gasteiger partial charge in [0.1, 0.15) is 0 Å². The van der Waals surface area contributed by atoms with Gasteiger partial charge in [-0.3, -0.25) is 0 Å². The first-order valence-electron chi connectivity index (χ1n) is 22.9. The summed E-state index contributed by atoms with van der Waals surface area (Å²) in [5.74, 6) is 1.43. The van der Waals surface area contributed by atoms with Gasteiger partial charge in [0.25, 0.3) is 0 Å². The van der Waals surface area contributed by atoms with Crippen LogP contribution in [0.15, 0.2) is 218 Å². The molecule has 2 heterocycles. The normalized spacial score (nSPS) is 12.7. The molecule has 12 aromatic rings. The lowest BCUT2D eigenvalue weighted by atomic mass is 9.81. The van der Waals surface area contributed by atoms with Crippen LogP contribution < -0.4 is 0 Å².